The first-order valence-corrected chi connectivity index (χ1v) is 6.09. The number of thiocarbonyl (C=S) groups is 1. The van der Waals surface area contributed by atoms with Crippen LogP contribution in [-0.2, 0) is 4.79 Å². The molecule has 0 radical (unpaired) electrons. The molecule has 0 unspecified atom stereocenters. The summed E-state index contributed by atoms with van der Waals surface area (Å²) >= 11 is 5.07. The quantitative estimate of drug-likeness (QED) is 0.729. The van der Waals surface area contributed by atoms with Gasteiger partial charge in [0.25, 0.3) is 0 Å². The van der Waals surface area contributed by atoms with E-state index in [4.69, 9.17) is 17.0 Å². The van der Waals surface area contributed by atoms with Crippen LogP contribution in [0, 0.1) is 0 Å². The predicted molar refractivity (Wildman–Crippen MR) is 74.9 cm³/mol. The van der Waals surface area contributed by atoms with E-state index in [9.17, 15) is 9.90 Å². The van der Waals surface area contributed by atoms with Crippen LogP contribution in [0.15, 0.2) is 35.5 Å². The van der Waals surface area contributed by atoms with E-state index in [0.717, 1.165) is 11.3 Å². The van der Waals surface area contributed by atoms with Gasteiger partial charge in [0.05, 0.1) is 18.7 Å². The zero-order valence-electron chi connectivity index (χ0n) is 10.6. The molecule has 0 amide bonds. The maximum Gasteiger partial charge on any atom is 0.335 e. The number of methoxy groups -OCH3 is 1. The number of hydrogen-bond donors (Lipinski definition) is 3. The average Bonchev–Trinajstić information content (AvgIpc) is 2.37. The van der Waals surface area contributed by atoms with E-state index in [-0.39, 0.29) is 5.57 Å². The van der Waals surface area contributed by atoms with Gasteiger partial charge in [-0.1, -0.05) is 12.1 Å². The highest BCUT2D eigenvalue weighted by Crippen LogP contribution is 2.27. The van der Waals surface area contributed by atoms with Gasteiger partial charge in [0.1, 0.15) is 5.75 Å². The molecule has 1 aliphatic heterocycles. The number of benzene rings is 1. The SMILES string of the molecule is COc1ccc([C@@H]2NC(=S)NC(C)=C2C(=O)O)cc1. The van der Waals surface area contributed by atoms with Gasteiger partial charge in [0, 0.05) is 5.70 Å². The Morgan fingerprint density at radius 1 is 1.37 bits per heavy atom. The lowest BCUT2D eigenvalue weighted by atomic mass is 9.96. The molecule has 100 valence electrons. The molecule has 0 fully saturated rings. The van der Waals surface area contributed by atoms with Gasteiger partial charge in [-0.3, -0.25) is 0 Å². The summed E-state index contributed by atoms with van der Waals surface area (Å²) in [6.07, 6.45) is 0. The Bertz CT molecular complexity index is 552. The van der Waals surface area contributed by atoms with E-state index in [1.165, 1.54) is 0 Å². The van der Waals surface area contributed by atoms with Gasteiger partial charge in [0.2, 0.25) is 0 Å². The lowest BCUT2D eigenvalue weighted by Gasteiger charge is -2.28. The van der Waals surface area contributed by atoms with Crippen molar-refractivity contribution in [2.75, 3.05) is 7.11 Å². The van der Waals surface area contributed by atoms with Crippen molar-refractivity contribution in [1.82, 2.24) is 10.6 Å². The molecule has 1 aromatic rings. The van der Waals surface area contributed by atoms with Crippen molar-refractivity contribution < 1.29 is 14.6 Å². The van der Waals surface area contributed by atoms with Crippen LogP contribution >= 0.6 is 12.2 Å². The van der Waals surface area contributed by atoms with Crippen LogP contribution in [-0.4, -0.2) is 23.3 Å². The van der Waals surface area contributed by atoms with Crippen LogP contribution < -0.4 is 15.4 Å². The Morgan fingerprint density at radius 3 is 2.53 bits per heavy atom. The first kappa shape index (κ1) is 13.4. The largest absolute Gasteiger partial charge is 0.497 e. The van der Waals surface area contributed by atoms with Crippen molar-refractivity contribution in [2.45, 2.75) is 13.0 Å². The topological polar surface area (TPSA) is 70.6 Å². The number of rotatable bonds is 3. The van der Waals surface area contributed by atoms with Crippen LogP contribution in [0.3, 0.4) is 0 Å². The molecule has 1 atom stereocenters. The second-order valence-corrected chi connectivity index (χ2v) is 4.56. The summed E-state index contributed by atoms with van der Waals surface area (Å²) in [4.78, 5) is 11.4. The van der Waals surface area contributed by atoms with Crippen LogP contribution in [0.4, 0.5) is 0 Å². The van der Waals surface area contributed by atoms with Crippen molar-refractivity contribution >= 4 is 23.3 Å². The lowest BCUT2D eigenvalue weighted by molar-refractivity contribution is -0.133. The molecule has 0 saturated heterocycles. The summed E-state index contributed by atoms with van der Waals surface area (Å²) in [5.41, 5.74) is 1.64. The van der Waals surface area contributed by atoms with Crippen molar-refractivity contribution in [2.24, 2.45) is 0 Å². The summed E-state index contributed by atoms with van der Waals surface area (Å²) in [6, 6.07) is 6.76. The third-order valence-corrected chi connectivity index (χ3v) is 3.17. The second-order valence-electron chi connectivity index (χ2n) is 4.15. The van der Waals surface area contributed by atoms with Gasteiger partial charge in [0.15, 0.2) is 5.11 Å². The Morgan fingerprint density at radius 2 is 2.00 bits per heavy atom. The summed E-state index contributed by atoms with van der Waals surface area (Å²) in [7, 11) is 1.58. The highest BCUT2D eigenvalue weighted by molar-refractivity contribution is 7.80. The lowest BCUT2D eigenvalue weighted by Crippen LogP contribution is -2.44. The van der Waals surface area contributed by atoms with E-state index in [0.29, 0.717) is 10.8 Å². The standard InChI is InChI=1S/C13H14N2O3S/c1-7-10(12(16)17)11(15-13(19)14-7)8-3-5-9(18-2)6-4-8/h3-6,11H,1-2H3,(H,16,17)(H2,14,15,19)/t11-/m0/s1. The molecule has 1 aromatic carbocycles. The van der Waals surface area contributed by atoms with Crippen molar-refractivity contribution in [3.8, 4) is 5.75 Å². The molecular weight excluding hydrogens is 264 g/mol. The summed E-state index contributed by atoms with van der Waals surface area (Å²) < 4.78 is 5.09. The van der Waals surface area contributed by atoms with E-state index < -0.39 is 12.0 Å². The molecular formula is C13H14N2O3S. The van der Waals surface area contributed by atoms with E-state index in [2.05, 4.69) is 10.6 Å². The summed E-state index contributed by atoms with van der Waals surface area (Å²) in [6.45, 7) is 1.70. The Kier molecular flexibility index (Phi) is 3.71. The van der Waals surface area contributed by atoms with E-state index >= 15 is 0 Å². The third kappa shape index (κ3) is 2.68. The Balaban J connectivity index is 2.42. The average molecular weight is 278 g/mol. The van der Waals surface area contributed by atoms with Crippen LogP contribution in [0.5, 0.6) is 5.75 Å². The van der Waals surface area contributed by atoms with Crippen molar-refractivity contribution in [1.29, 1.82) is 0 Å². The molecule has 1 heterocycles. The minimum absolute atomic E-state index is 0.263. The second kappa shape index (κ2) is 5.27. The summed E-state index contributed by atoms with van der Waals surface area (Å²) in [5.74, 6) is -0.251. The number of ether oxygens (including phenoxy) is 1. The number of allylic oxidation sites excluding steroid dienone is 1. The number of carboxylic acids is 1. The molecule has 0 aliphatic carbocycles. The minimum Gasteiger partial charge on any atom is -0.497 e. The Hall–Kier alpha value is -2.08. The zero-order valence-corrected chi connectivity index (χ0v) is 11.4. The molecule has 2 rings (SSSR count). The predicted octanol–water partition coefficient (Wildman–Crippen LogP) is 1.57. The number of nitrogens with one attached hydrogen (secondary N) is 2. The van der Waals surface area contributed by atoms with Gasteiger partial charge >= 0.3 is 5.97 Å². The molecule has 1 aliphatic rings. The maximum atomic E-state index is 11.4. The normalized spacial score (nSPS) is 18.6. The van der Waals surface area contributed by atoms with Gasteiger partial charge in [-0.2, -0.15) is 0 Å². The number of hydrogen-bond acceptors (Lipinski definition) is 3. The maximum absolute atomic E-state index is 11.4. The molecule has 0 aromatic heterocycles. The Labute approximate surface area is 116 Å². The molecule has 6 heteroatoms. The number of aliphatic carboxylic acids is 1. The third-order valence-electron chi connectivity index (χ3n) is 2.95. The summed E-state index contributed by atoms with van der Waals surface area (Å²) in [5, 5.41) is 15.5. The van der Waals surface area contributed by atoms with Crippen molar-refractivity contribution in [3.63, 3.8) is 0 Å². The fourth-order valence-electron chi connectivity index (χ4n) is 2.02. The van der Waals surface area contributed by atoms with Gasteiger partial charge in [-0.25, -0.2) is 4.79 Å². The van der Waals surface area contributed by atoms with Gasteiger partial charge < -0.3 is 20.5 Å². The van der Waals surface area contributed by atoms with Crippen LogP contribution in [0.2, 0.25) is 0 Å². The fraction of sp³-hybridized carbons (Fsp3) is 0.231. The van der Waals surface area contributed by atoms with Crippen LogP contribution in [0.25, 0.3) is 0 Å². The van der Waals surface area contributed by atoms with Gasteiger partial charge in [-0.05, 0) is 36.8 Å². The monoisotopic (exact) mass is 278 g/mol. The molecule has 0 spiro atoms. The van der Waals surface area contributed by atoms with Crippen LogP contribution in [0.1, 0.15) is 18.5 Å². The first-order chi connectivity index (χ1) is 9.02. The van der Waals surface area contributed by atoms with E-state index in [1.807, 2.05) is 12.1 Å². The number of carbonyl (C=O) groups is 1. The highest BCUT2D eigenvalue weighted by atomic mass is 32.1. The highest BCUT2D eigenvalue weighted by Gasteiger charge is 2.29. The smallest absolute Gasteiger partial charge is 0.335 e. The number of carboxylic acid groups (broad SMARTS) is 1. The van der Waals surface area contributed by atoms with Crippen molar-refractivity contribution in [3.05, 3.63) is 41.1 Å². The minimum atomic E-state index is -0.971. The molecule has 0 bridgehead atoms. The molecule has 5 nitrogen and oxygen atoms in total. The molecule has 19 heavy (non-hydrogen) atoms. The molecule has 3 N–H and O–H groups in total. The first-order valence-electron chi connectivity index (χ1n) is 5.68. The fourth-order valence-corrected chi connectivity index (χ4v) is 2.29. The molecule has 0 saturated carbocycles. The van der Waals surface area contributed by atoms with E-state index in [1.54, 1.807) is 26.2 Å². The zero-order chi connectivity index (χ0) is 14.0. The van der Waals surface area contributed by atoms with Gasteiger partial charge in [-0.15, -0.1) is 0 Å².